The van der Waals surface area contributed by atoms with Gasteiger partial charge >= 0.3 is 5.97 Å². The summed E-state index contributed by atoms with van der Waals surface area (Å²) < 4.78 is 10.3. The van der Waals surface area contributed by atoms with Crippen molar-refractivity contribution in [3.05, 3.63) is 29.8 Å². The molecule has 2 N–H and O–H groups in total. The van der Waals surface area contributed by atoms with Crippen LogP contribution >= 0.6 is 0 Å². The smallest absolute Gasteiger partial charge is 0.326 e. The van der Waals surface area contributed by atoms with E-state index in [0.29, 0.717) is 17.9 Å². The van der Waals surface area contributed by atoms with Crippen molar-refractivity contribution in [1.82, 2.24) is 10.6 Å². The minimum Gasteiger partial charge on any atom is -0.494 e. The maximum absolute atomic E-state index is 12.0. The molecule has 0 aliphatic carbocycles. The summed E-state index contributed by atoms with van der Waals surface area (Å²) in [5.41, 5.74) is -0.0191. The zero-order chi connectivity index (χ0) is 19.0. The molecule has 138 valence electrons. The lowest BCUT2D eigenvalue weighted by Crippen LogP contribution is -2.46. The van der Waals surface area contributed by atoms with Crippen molar-refractivity contribution in [1.29, 1.82) is 0 Å². The van der Waals surface area contributed by atoms with Gasteiger partial charge in [0.15, 0.2) is 6.10 Å². The van der Waals surface area contributed by atoms with Crippen LogP contribution in [0.5, 0.6) is 5.75 Å². The predicted octanol–water partition coefficient (Wildman–Crippen LogP) is 1.66. The SMILES string of the molecule is CCOc1ccc(C(=O)NCC(=O)O[C@H](C)C(=O)NC(C)(C)C)cc1. The molecule has 1 rings (SSSR count). The fourth-order valence-electron chi connectivity index (χ4n) is 1.89. The van der Waals surface area contributed by atoms with E-state index in [4.69, 9.17) is 9.47 Å². The average Bonchev–Trinajstić information content (AvgIpc) is 2.52. The first-order chi connectivity index (χ1) is 11.6. The zero-order valence-electron chi connectivity index (χ0n) is 15.3. The quantitative estimate of drug-likeness (QED) is 0.730. The molecule has 0 unspecified atom stereocenters. The summed E-state index contributed by atoms with van der Waals surface area (Å²) in [6.45, 7) is 9.06. The minimum absolute atomic E-state index is 0.320. The highest BCUT2D eigenvalue weighted by atomic mass is 16.5. The van der Waals surface area contributed by atoms with E-state index < -0.39 is 29.4 Å². The van der Waals surface area contributed by atoms with Crippen LogP contribution in [0.2, 0.25) is 0 Å². The fraction of sp³-hybridized carbons (Fsp3) is 0.500. The number of nitrogens with one attached hydrogen (secondary N) is 2. The molecule has 0 fully saturated rings. The lowest BCUT2D eigenvalue weighted by atomic mass is 10.1. The molecule has 0 saturated carbocycles. The molecule has 0 bridgehead atoms. The second-order valence-electron chi connectivity index (χ2n) is 6.51. The molecule has 0 spiro atoms. The second kappa shape index (κ2) is 9.05. The summed E-state index contributed by atoms with van der Waals surface area (Å²) >= 11 is 0. The van der Waals surface area contributed by atoms with E-state index in [1.807, 2.05) is 27.7 Å². The van der Waals surface area contributed by atoms with Crippen molar-refractivity contribution in [3.63, 3.8) is 0 Å². The molecule has 7 nitrogen and oxygen atoms in total. The van der Waals surface area contributed by atoms with Gasteiger partial charge < -0.3 is 20.1 Å². The largest absolute Gasteiger partial charge is 0.494 e. The molecule has 0 saturated heterocycles. The Labute approximate surface area is 148 Å². The van der Waals surface area contributed by atoms with Crippen molar-refractivity contribution in [3.8, 4) is 5.75 Å². The van der Waals surface area contributed by atoms with Crippen LogP contribution in [0.4, 0.5) is 0 Å². The van der Waals surface area contributed by atoms with E-state index in [2.05, 4.69) is 10.6 Å². The van der Waals surface area contributed by atoms with E-state index in [1.165, 1.54) is 6.92 Å². The molecular formula is C18H26N2O5. The second-order valence-corrected chi connectivity index (χ2v) is 6.51. The molecule has 25 heavy (non-hydrogen) atoms. The van der Waals surface area contributed by atoms with Gasteiger partial charge in [-0.3, -0.25) is 14.4 Å². The van der Waals surface area contributed by atoms with Gasteiger partial charge in [0.25, 0.3) is 11.8 Å². The Morgan fingerprint density at radius 1 is 1.12 bits per heavy atom. The van der Waals surface area contributed by atoms with E-state index in [1.54, 1.807) is 24.3 Å². The van der Waals surface area contributed by atoms with E-state index >= 15 is 0 Å². The Balaban J connectivity index is 2.44. The highest BCUT2D eigenvalue weighted by Crippen LogP contribution is 2.11. The van der Waals surface area contributed by atoms with Gasteiger partial charge in [-0.15, -0.1) is 0 Å². The van der Waals surface area contributed by atoms with E-state index in [0.717, 1.165) is 0 Å². The number of rotatable bonds is 7. The first-order valence-corrected chi connectivity index (χ1v) is 8.15. The van der Waals surface area contributed by atoms with Crippen LogP contribution in [0.25, 0.3) is 0 Å². The summed E-state index contributed by atoms with van der Waals surface area (Å²) in [6.07, 6.45) is -0.936. The average molecular weight is 350 g/mol. The Hall–Kier alpha value is -2.57. The number of amides is 2. The summed E-state index contributed by atoms with van der Waals surface area (Å²) in [7, 11) is 0. The number of hydrogen-bond acceptors (Lipinski definition) is 5. The predicted molar refractivity (Wildman–Crippen MR) is 93.4 cm³/mol. The van der Waals surface area contributed by atoms with E-state index in [9.17, 15) is 14.4 Å². The number of benzene rings is 1. The highest BCUT2D eigenvalue weighted by molar-refractivity contribution is 5.96. The number of hydrogen-bond donors (Lipinski definition) is 2. The molecule has 0 aliphatic rings. The number of carbonyl (C=O) groups excluding carboxylic acids is 3. The Kier molecular flexibility index (Phi) is 7.42. The van der Waals surface area contributed by atoms with Gasteiger partial charge in [-0.05, 0) is 58.9 Å². The monoisotopic (exact) mass is 350 g/mol. The molecule has 1 aromatic carbocycles. The van der Waals surface area contributed by atoms with Gasteiger partial charge in [-0.1, -0.05) is 0 Å². The van der Waals surface area contributed by atoms with Crippen molar-refractivity contribution in [2.45, 2.75) is 46.3 Å². The molecule has 0 radical (unpaired) electrons. The van der Waals surface area contributed by atoms with Crippen LogP contribution < -0.4 is 15.4 Å². The van der Waals surface area contributed by atoms with Gasteiger partial charge in [-0.25, -0.2) is 0 Å². The van der Waals surface area contributed by atoms with E-state index in [-0.39, 0.29) is 6.54 Å². The van der Waals surface area contributed by atoms with Crippen LogP contribution in [-0.2, 0) is 14.3 Å². The van der Waals surface area contributed by atoms with Crippen LogP contribution in [-0.4, -0.2) is 42.6 Å². The molecule has 1 atom stereocenters. The molecule has 1 aromatic rings. The number of esters is 1. The third-order valence-corrected chi connectivity index (χ3v) is 3.00. The Morgan fingerprint density at radius 3 is 2.24 bits per heavy atom. The molecular weight excluding hydrogens is 324 g/mol. The summed E-state index contributed by atoms with van der Waals surface area (Å²) in [4.78, 5) is 35.6. The van der Waals surface area contributed by atoms with Gasteiger partial charge in [0, 0.05) is 11.1 Å². The van der Waals surface area contributed by atoms with Crippen molar-refractivity contribution < 1.29 is 23.9 Å². The minimum atomic E-state index is -0.936. The zero-order valence-corrected chi connectivity index (χ0v) is 15.3. The van der Waals surface area contributed by atoms with Crippen LogP contribution in [0.3, 0.4) is 0 Å². The molecule has 0 heterocycles. The third-order valence-electron chi connectivity index (χ3n) is 3.00. The molecule has 7 heteroatoms. The Bertz CT molecular complexity index is 605. The first-order valence-electron chi connectivity index (χ1n) is 8.15. The topological polar surface area (TPSA) is 93.7 Å². The maximum atomic E-state index is 12.0. The van der Waals surface area contributed by atoms with Gasteiger partial charge in [0.05, 0.1) is 6.61 Å². The van der Waals surface area contributed by atoms with Crippen molar-refractivity contribution in [2.24, 2.45) is 0 Å². The van der Waals surface area contributed by atoms with Crippen LogP contribution in [0.15, 0.2) is 24.3 Å². The summed E-state index contributed by atoms with van der Waals surface area (Å²) in [6, 6.07) is 6.56. The molecule has 0 aromatic heterocycles. The third kappa shape index (κ3) is 7.69. The lowest BCUT2D eigenvalue weighted by molar-refractivity contribution is -0.154. The van der Waals surface area contributed by atoms with Gasteiger partial charge in [0.2, 0.25) is 0 Å². The molecule has 2 amide bonds. The lowest BCUT2D eigenvalue weighted by Gasteiger charge is -2.23. The fourth-order valence-corrected chi connectivity index (χ4v) is 1.89. The first kappa shape index (κ1) is 20.5. The standard InChI is InChI=1S/C18H26N2O5/c1-6-24-14-9-7-13(8-10-14)17(23)19-11-15(21)25-12(2)16(22)20-18(3,4)5/h7-10,12H,6,11H2,1-5H3,(H,19,23)(H,20,22)/t12-/m1/s1. The van der Waals surface area contributed by atoms with Gasteiger partial charge in [0.1, 0.15) is 12.3 Å². The highest BCUT2D eigenvalue weighted by Gasteiger charge is 2.22. The van der Waals surface area contributed by atoms with Crippen molar-refractivity contribution in [2.75, 3.05) is 13.2 Å². The maximum Gasteiger partial charge on any atom is 0.326 e. The van der Waals surface area contributed by atoms with Gasteiger partial charge in [-0.2, -0.15) is 0 Å². The number of carbonyl (C=O) groups is 3. The summed E-state index contributed by atoms with van der Waals surface area (Å²) in [5, 5.41) is 5.17. The number of ether oxygens (including phenoxy) is 2. The normalized spacial score (nSPS) is 12.0. The van der Waals surface area contributed by atoms with Crippen LogP contribution in [0.1, 0.15) is 45.0 Å². The van der Waals surface area contributed by atoms with Crippen LogP contribution in [0, 0.1) is 0 Å². The molecule has 0 aliphatic heterocycles. The van der Waals surface area contributed by atoms with Crippen molar-refractivity contribution >= 4 is 17.8 Å². The summed E-state index contributed by atoms with van der Waals surface area (Å²) in [5.74, 6) is -0.821. The Morgan fingerprint density at radius 2 is 1.72 bits per heavy atom.